The standard InChI is InChI=1S/C87H136O41/c1-13-36(3)44(93)25-40(91)27-52(96)118-47(37(4)14-2)26-41(92)28-53(97)121-66-54(98)38(5)116-77(69(66)126-75-61(105)58(102)64(39(6)117-75)122-74-63(107)65(46(95)32-114-74)123-79-71(108)87(112,34-90)35-115-79)128-80(111)86-23-21-81(7,8)29-43(86)42-15-16-50-82(9)19-18-51(83(10,33-89)49(82)17-20-85(50,12)84(42,11)22-24-86)120-78-70(127-76-60(104)57(101)56(100)48(30-88)119-76)67(62(106)68(125-78)72(109)110)124-73-59(103)55(99)45(94)31-113-73/h15,33,36-41,43-51,54,56-58,60-62,64-71,73,75-79,88,90-95,98-108,112H,13-14,16-32,34-35H2,1-12H3,(H,109,110)/t36-,37-,38+,39-,40-,41-,43-,44-,45+,46+,47-,48+,49+,50+,51-,54-,56-,57-,58-,60+,61+,62-,64-,65-,66-,67-,68-,69+,70+,71-,73-,75-,76-,77-,78+,79-,82-,83-,84+,85+,86-,87+/m0/s1. The number of hydrogen-bond donors (Lipinski definition) is 20. The van der Waals surface area contributed by atoms with Gasteiger partial charge in [-0.1, -0.05) is 93.7 Å². The van der Waals surface area contributed by atoms with E-state index < -0.39 is 334 Å². The van der Waals surface area contributed by atoms with Gasteiger partial charge in [-0.25, -0.2) is 4.79 Å². The number of rotatable bonds is 32. The average molecular weight is 1840 g/mol. The molecule has 128 heavy (non-hydrogen) atoms. The molecule has 9 fully saturated rings. The maximum absolute atomic E-state index is 16.3. The van der Waals surface area contributed by atoms with Crippen LogP contribution in [0.25, 0.3) is 0 Å². The lowest BCUT2D eigenvalue weighted by molar-refractivity contribution is -0.384. The number of hydrogen-bond acceptors (Lipinski definition) is 40. The van der Waals surface area contributed by atoms with Crippen LogP contribution in [0.3, 0.4) is 0 Å². The number of aliphatic hydroxyl groups excluding tert-OH is 18. The van der Waals surface area contributed by atoms with E-state index in [1.165, 1.54) is 13.8 Å². The molecule has 0 bridgehead atoms. The number of allylic oxidation sites excluding steroid dienone is 2. The minimum atomic E-state index is -2.26. The molecule has 7 aliphatic heterocycles. The van der Waals surface area contributed by atoms with Crippen molar-refractivity contribution in [3.8, 4) is 0 Å². The van der Waals surface area contributed by atoms with E-state index in [1.807, 2.05) is 13.8 Å². The molecule has 20 N–H and O–H groups in total. The highest BCUT2D eigenvalue weighted by atomic mass is 16.8. The Morgan fingerprint density at radius 2 is 1.24 bits per heavy atom. The van der Waals surface area contributed by atoms with Crippen LogP contribution >= 0.6 is 0 Å². The molecule has 42 atom stereocenters. The van der Waals surface area contributed by atoms with Gasteiger partial charge in [0.05, 0.1) is 86.7 Å². The first kappa shape index (κ1) is 102. The summed E-state index contributed by atoms with van der Waals surface area (Å²) < 4.78 is 96.6. The summed E-state index contributed by atoms with van der Waals surface area (Å²) in [5.74, 6) is -10.0. The summed E-state index contributed by atoms with van der Waals surface area (Å²) in [6.07, 6.45) is -49.1. The number of carbonyl (C=O) groups is 5. The van der Waals surface area contributed by atoms with Gasteiger partial charge in [0.25, 0.3) is 0 Å². The molecule has 0 amide bonds. The Labute approximate surface area is 740 Å². The Kier molecular flexibility index (Phi) is 31.7. The van der Waals surface area contributed by atoms with Crippen molar-refractivity contribution in [3.63, 3.8) is 0 Å². The molecule has 5 aliphatic carbocycles. The summed E-state index contributed by atoms with van der Waals surface area (Å²) in [7, 11) is 0. The van der Waals surface area contributed by atoms with Gasteiger partial charge in [-0.2, -0.15) is 0 Å². The molecule has 41 heteroatoms. The number of fused-ring (bicyclic) bond motifs is 7. The molecule has 730 valence electrons. The number of aliphatic carboxylic acids is 1. The van der Waals surface area contributed by atoms with Gasteiger partial charge in [0, 0.05) is 12.8 Å². The van der Waals surface area contributed by atoms with Gasteiger partial charge in [-0.15, -0.1) is 0 Å². The predicted molar refractivity (Wildman–Crippen MR) is 430 cm³/mol. The number of ether oxygens (including phenoxy) is 16. The second-order valence-corrected chi connectivity index (χ2v) is 39.6. The second kappa shape index (κ2) is 39.9. The molecule has 12 rings (SSSR count). The molecule has 7 heterocycles. The van der Waals surface area contributed by atoms with E-state index in [9.17, 15) is 121 Å². The molecule has 0 unspecified atom stereocenters. The zero-order chi connectivity index (χ0) is 94.1. The number of aliphatic hydroxyl groups is 19. The number of carbonyl (C=O) groups excluding carboxylic acids is 4. The fourth-order valence-electron chi connectivity index (χ4n) is 22.2. The fourth-order valence-corrected chi connectivity index (χ4v) is 22.2. The largest absolute Gasteiger partial charge is 0.506 e. The van der Waals surface area contributed by atoms with Crippen molar-refractivity contribution < 1.29 is 202 Å². The van der Waals surface area contributed by atoms with Crippen LogP contribution in [0.2, 0.25) is 0 Å². The summed E-state index contributed by atoms with van der Waals surface area (Å²) in [6.45, 7) is 18.8. The first-order valence-corrected chi connectivity index (χ1v) is 44.8. The molecule has 0 aromatic heterocycles. The predicted octanol–water partition coefficient (Wildman–Crippen LogP) is -0.473. The van der Waals surface area contributed by atoms with E-state index in [0.29, 0.717) is 57.8 Å². The average Bonchev–Trinajstić information content (AvgIpc) is 0.700. The third-order valence-corrected chi connectivity index (χ3v) is 31.0. The fraction of sp³-hybridized carbons (Fsp3) is 0.874. The van der Waals surface area contributed by atoms with Gasteiger partial charge in [-0.05, 0) is 129 Å². The maximum Gasteiger partial charge on any atom is 0.335 e. The summed E-state index contributed by atoms with van der Waals surface area (Å²) in [5, 5.41) is 221. The summed E-state index contributed by atoms with van der Waals surface area (Å²) in [4.78, 5) is 71.8. The number of carboxylic acids is 1. The Bertz CT molecular complexity index is 3940. The van der Waals surface area contributed by atoms with Crippen molar-refractivity contribution in [2.45, 2.75) is 382 Å². The maximum atomic E-state index is 16.3. The van der Waals surface area contributed by atoms with Crippen LogP contribution in [-0.4, -0.2) is 361 Å². The molecular weight excluding hydrogens is 1700 g/mol. The summed E-state index contributed by atoms with van der Waals surface area (Å²) in [5.41, 5.74) is -6.31. The minimum Gasteiger partial charge on any atom is -0.506 e. The van der Waals surface area contributed by atoms with E-state index in [1.54, 1.807) is 20.8 Å². The highest BCUT2D eigenvalue weighted by molar-refractivity contribution is 5.79. The Morgan fingerprint density at radius 1 is 0.602 bits per heavy atom. The summed E-state index contributed by atoms with van der Waals surface area (Å²) >= 11 is 0. The van der Waals surface area contributed by atoms with Gasteiger partial charge in [0.2, 0.25) is 18.3 Å². The van der Waals surface area contributed by atoms with Gasteiger partial charge >= 0.3 is 29.8 Å². The van der Waals surface area contributed by atoms with E-state index >= 15 is 4.79 Å². The third kappa shape index (κ3) is 19.5. The highest BCUT2D eigenvalue weighted by Gasteiger charge is 2.72. The number of esters is 3. The lowest BCUT2D eigenvalue weighted by Crippen LogP contribution is -2.68. The normalized spacial score (nSPS) is 45.7. The topological polar surface area (TPSA) is 638 Å². The molecule has 4 saturated carbocycles. The molecule has 5 saturated heterocycles. The van der Waals surface area contributed by atoms with Crippen molar-refractivity contribution in [3.05, 3.63) is 34.9 Å². The van der Waals surface area contributed by atoms with Crippen molar-refractivity contribution in [1.82, 2.24) is 0 Å². The lowest BCUT2D eigenvalue weighted by Gasteiger charge is -2.71. The van der Waals surface area contributed by atoms with Crippen LogP contribution < -0.4 is 0 Å². The monoisotopic (exact) mass is 1840 g/mol. The van der Waals surface area contributed by atoms with Crippen molar-refractivity contribution in [1.29, 1.82) is 0 Å². The van der Waals surface area contributed by atoms with Crippen LogP contribution in [0, 0.1) is 62.1 Å². The molecule has 0 aromatic carbocycles. The van der Waals surface area contributed by atoms with E-state index in [-0.39, 0.29) is 49.4 Å². The SMILES string of the molecule is CC[C@H](C)[C@H](C[C@H](O)CC(=O)O[C@H]1[C@@H](O)[C@@H](C)O[C@@H](OC(=O)[C@]23CCC(C)(C)C[C@H]2C2=CC[C@@H]4[C@@]5(C)CC[C@H](O[C@@H]6O[C@H](C(=O)O)[C@@H](O)[C@H](O[C@@H]7OC[C@@H](O)C(O)=C7O)[C@H]6O[C@@H]6O[C@H](CO)[C@H](O)[C@H](O)[C@H]6O)[C@@](C)(C=O)[C@@H]5CC[C@@]4(C)[C@]2(C)CC3)[C@@H]1O[C@@H]1O[C@@H](C)[C@H](OC2=C(O)[C@@H](O[C@@H]3OC[C@](O)(CO)[C@H]3O)[C@H](O)CO2)[C@@H](O)[C@H]1O)OC(=O)C[C@@H](O)C[C@H](O)[C@@H](C)CC. The Balaban J connectivity index is 0.817. The van der Waals surface area contributed by atoms with E-state index in [0.717, 1.165) is 11.9 Å². The van der Waals surface area contributed by atoms with Crippen LogP contribution in [0.4, 0.5) is 0 Å². The molecule has 41 nitrogen and oxygen atoms in total. The molecular formula is C87H136O41. The summed E-state index contributed by atoms with van der Waals surface area (Å²) in [6, 6.07) is 0. The third-order valence-electron chi connectivity index (χ3n) is 31.0. The Hall–Kier alpha value is -5.31. The van der Waals surface area contributed by atoms with Crippen LogP contribution in [0.15, 0.2) is 34.9 Å². The first-order valence-electron chi connectivity index (χ1n) is 44.8. The Morgan fingerprint density at radius 3 is 1.89 bits per heavy atom. The van der Waals surface area contributed by atoms with Gasteiger partial charge in [-0.3, -0.25) is 14.4 Å². The number of aldehydes is 1. The van der Waals surface area contributed by atoms with Crippen molar-refractivity contribution in [2.24, 2.45) is 62.1 Å². The molecule has 0 spiro atoms. The van der Waals surface area contributed by atoms with Gasteiger partial charge < -0.3 is 183 Å². The van der Waals surface area contributed by atoms with Gasteiger partial charge in [0.15, 0.2) is 67.2 Å². The zero-order valence-corrected chi connectivity index (χ0v) is 74.3. The molecule has 0 aromatic rings. The van der Waals surface area contributed by atoms with Crippen molar-refractivity contribution >= 4 is 30.2 Å². The molecule has 12 aliphatic rings. The zero-order valence-electron chi connectivity index (χ0n) is 74.3. The van der Waals surface area contributed by atoms with Crippen LogP contribution in [0.5, 0.6) is 0 Å². The van der Waals surface area contributed by atoms with E-state index in [4.69, 9.17) is 75.8 Å². The number of carboxylic acid groups (broad SMARTS) is 1. The van der Waals surface area contributed by atoms with Crippen LogP contribution in [0.1, 0.15) is 186 Å². The lowest BCUT2D eigenvalue weighted by atomic mass is 9.33. The second-order valence-electron chi connectivity index (χ2n) is 39.6. The van der Waals surface area contributed by atoms with E-state index in [2.05, 4.69) is 40.7 Å². The van der Waals surface area contributed by atoms with Crippen molar-refractivity contribution in [2.75, 3.05) is 33.0 Å². The quantitative estimate of drug-likeness (QED) is 0.0133. The highest BCUT2D eigenvalue weighted by Crippen LogP contribution is 2.76. The van der Waals surface area contributed by atoms with Gasteiger partial charge in [0.1, 0.15) is 104 Å². The first-order chi connectivity index (χ1) is 60.0. The smallest absolute Gasteiger partial charge is 0.335 e. The van der Waals surface area contributed by atoms with Crippen LogP contribution in [-0.2, 0) is 99.8 Å². The molecule has 0 radical (unpaired) electrons. The minimum absolute atomic E-state index is 0.0893.